The summed E-state index contributed by atoms with van der Waals surface area (Å²) in [5.74, 6) is 2.18. The number of rotatable bonds is 6. The highest BCUT2D eigenvalue weighted by Gasteiger charge is 2.31. The van der Waals surface area contributed by atoms with Gasteiger partial charge < -0.3 is 15.2 Å². The number of ether oxygens (including phenoxy) is 2. The first-order chi connectivity index (χ1) is 8.04. The maximum absolute atomic E-state index is 6.04. The van der Waals surface area contributed by atoms with E-state index in [1.807, 2.05) is 0 Å². The number of nitrogens with two attached hydrogens (primary N) is 1. The zero-order valence-electron chi connectivity index (χ0n) is 11.8. The fraction of sp³-hybridized carbons (Fsp3) is 1.00. The summed E-state index contributed by atoms with van der Waals surface area (Å²) in [7, 11) is 1.68. The lowest BCUT2D eigenvalue weighted by atomic mass is 9.75. The van der Waals surface area contributed by atoms with E-state index in [2.05, 4.69) is 20.8 Å². The average molecular weight is 243 g/mol. The van der Waals surface area contributed by atoms with Gasteiger partial charge in [0.15, 0.2) is 0 Å². The minimum atomic E-state index is 0.00467. The Kier molecular flexibility index (Phi) is 6.45. The summed E-state index contributed by atoms with van der Waals surface area (Å²) in [6, 6.07) is 0.00467. The van der Waals surface area contributed by atoms with Crippen LogP contribution in [0.2, 0.25) is 0 Å². The molecule has 0 bridgehead atoms. The molecule has 1 saturated carbocycles. The lowest BCUT2D eigenvalue weighted by Gasteiger charge is -2.37. The summed E-state index contributed by atoms with van der Waals surface area (Å²) in [6.45, 7) is 8.11. The van der Waals surface area contributed by atoms with Crippen molar-refractivity contribution in [1.82, 2.24) is 0 Å². The van der Waals surface area contributed by atoms with Crippen LogP contribution >= 0.6 is 0 Å². The second-order valence-corrected chi connectivity index (χ2v) is 5.91. The first-order valence-corrected chi connectivity index (χ1v) is 6.90. The zero-order chi connectivity index (χ0) is 12.8. The first kappa shape index (κ1) is 14.9. The summed E-state index contributed by atoms with van der Waals surface area (Å²) >= 11 is 0. The van der Waals surface area contributed by atoms with Crippen molar-refractivity contribution in [2.45, 2.75) is 52.2 Å². The van der Waals surface area contributed by atoms with Gasteiger partial charge in [-0.2, -0.15) is 0 Å². The lowest BCUT2D eigenvalue weighted by molar-refractivity contribution is -0.0479. The Morgan fingerprint density at radius 3 is 2.53 bits per heavy atom. The topological polar surface area (TPSA) is 44.5 Å². The van der Waals surface area contributed by atoms with Gasteiger partial charge in [-0.05, 0) is 30.6 Å². The Balaban J connectivity index is 2.41. The zero-order valence-corrected chi connectivity index (χ0v) is 11.8. The van der Waals surface area contributed by atoms with Gasteiger partial charge in [-0.1, -0.05) is 27.2 Å². The van der Waals surface area contributed by atoms with E-state index in [-0.39, 0.29) is 6.04 Å². The van der Waals surface area contributed by atoms with Gasteiger partial charge in [0.25, 0.3) is 0 Å². The van der Waals surface area contributed by atoms with Crippen molar-refractivity contribution in [2.24, 2.45) is 23.5 Å². The molecule has 102 valence electrons. The molecule has 0 heterocycles. The molecule has 0 saturated heterocycles. The van der Waals surface area contributed by atoms with Crippen molar-refractivity contribution in [1.29, 1.82) is 0 Å². The van der Waals surface area contributed by atoms with Crippen LogP contribution in [0.4, 0.5) is 0 Å². The van der Waals surface area contributed by atoms with Crippen LogP contribution in [0.1, 0.15) is 40.0 Å². The quantitative estimate of drug-likeness (QED) is 0.779. The molecule has 0 aromatic carbocycles. The van der Waals surface area contributed by atoms with Gasteiger partial charge in [-0.25, -0.2) is 0 Å². The van der Waals surface area contributed by atoms with E-state index in [9.17, 15) is 0 Å². The number of methoxy groups -OCH3 is 1. The van der Waals surface area contributed by atoms with Crippen LogP contribution in [0.25, 0.3) is 0 Å². The Hall–Kier alpha value is -0.120. The van der Waals surface area contributed by atoms with Crippen molar-refractivity contribution in [3.05, 3.63) is 0 Å². The molecule has 3 heteroatoms. The van der Waals surface area contributed by atoms with Crippen LogP contribution in [0.5, 0.6) is 0 Å². The molecule has 1 fully saturated rings. The van der Waals surface area contributed by atoms with Gasteiger partial charge in [-0.3, -0.25) is 0 Å². The highest BCUT2D eigenvalue weighted by atomic mass is 16.5. The second-order valence-electron chi connectivity index (χ2n) is 5.91. The normalized spacial score (nSPS) is 31.8. The van der Waals surface area contributed by atoms with E-state index >= 15 is 0 Å². The largest absolute Gasteiger partial charge is 0.383 e. The summed E-state index contributed by atoms with van der Waals surface area (Å²) in [6.07, 6.45) is 4.21. The molecular weight excluding hydrogens is 214 g/mol. The van der Waals surface area contributed by atoms with E-state index in [0.717, 1.165) is 5.92 Å². The summed E-state index contributed by atoms with van der Waals surface area (Å²) < 4.78 is 11.1. The third kappa shape index (κ3) is 4.94. The third-order valence-electron chi connectivity index (χ3n) is 3.87. The molecule has 3 nitrogen and oxygen atoms in total. The Morgan fingerprint density at radius 2 is 1.94 bits per heavy atom. The van der Waals surface area contributed by atoms with Crippen molar-refractivity contribution in [3.63, 3.8) is 0 Å². The summed E-state index contributed by atoms with van der Waals surface area (Å²) in [5.41, 5.74) is 5.91. The molecule has 1 aliphatic carbocycles. The predicted molar refractivity (Wildman–Crippen MR) is 70.9 cm³/mol. The van der Waals surface area contributed by atoms with E-state index < -0.39 is 0 Å². The van der Waals surface area contributed by atoms with Crippen LogP contribution in [-0.2, 0) is 9.47 Å². The summed E-state index contributed by atoms with van der Waals surface area (Å²) in [4.78, 5) is 0. The van der Waals surface area contributed by atoms with Crippen LogP contribution in [-0.4, -0.2) is 32.5 Å². The average Bonchev–Trinajstić information content (AvgIpc) is 2.26. The van der Waals surface area contributed by atoms with Gasteiger partial charge in [0, 0.05) is 7.11 Å². The molecule has 1 aliphatic rings. The fourth-order valence-corrected chi connectivity index (χ4v) is 2.82. The van der Waals surface area contributed by atoms with Gasteiger partial charge in [-0.15, -0.1) is 0 Å². The van der Waals surface area contributed by atoms with Gasteiger partial charge in [0.1, 0.15) is 0 Å². The van der Waals surface area contributed by atoms with Gasteiger partial charge in [0.05, 0.1) is 25.4 Å². The Morgan fingerprint density at radius 1 is 1.24 bits per heavy atom. The van der Waals surface area contributed by atoms with Crippen LogP contribution in [0.3, 0.4) is 0 Å². The third-order valence-corrected chi connectivity index (χ3v) is 3.87. The minimum Gasteiger partial charge on any atom is -0.383 e. The van der Waals surface area contributed by atoms with Crippen molar-refractivity contribution < 1.29 is 9.47 Å². The fourth-order valence-electron chi connectivity index (χ4n) is 2.82. The molecule has 0 aromatic heterocycles. The number of hydrogen-bond acceptors (Lipinski definition) is 3. The second kappa shape index (κ2) is 7.34. The van der Waals surface area contributed by atoms with Crippen LogP contribution in [0.15, 0.2) is 0 Å². The summed E-state index contributed by atoms with van der Waals surface area (Å²) in [5, 5.41) is 0. The van der Waals surface area contributed by atoms with Crippen molar-refractivity contribution >= 4 is 0 Å². The van der Waals surface area contributed by atoms with Crippen molar-refractivity contribution in [2.75, 3.05) is 20.3 Å². The van der Waals surface area contributed by atoms with Gasteiger partial charge >= 0.3 is 0 Å². The van der Waals surface area contributed by atoms with Crippen molar-refractivity contribution in [3.8, 4) is 0 Å². The number of hydrogen-bond donors (Lipinski definition) is 1. The first-order valence-electron chi connectivity index (χ1n) is 6.90. The highest BCUT2D eigenvalue weighted by Crippen LogP contribution is 2.35. The van der Waals surface area contributed by atoms with Gasteiger partial charge in [0.2, 0.25) is 0 Å². The molecule has 0 amide bonds. The SMILES string of the molecule is COCC(N)COC1CC(C)CCC1C(C)C. The molecule has 0 radical (unpaired) electrons. The van der Waals surface area contributed by atoms with E-state index in [0.29, 0.717) is 31.2 Å². The Bertz CT molecular complexity index is 208. The smallest absolute Gasteiger partial charge is 0.0644 e. The van der Waals surface area contributed by atoms with Crippen LogP contribution in [0, 0.1) is 17.8 Å². The molecule has 1 rings (SSSR count). The molecular formula is C14H29NO2. The minimum absolute atomic E-state index is 0.00467. The molecule has 0 aliphatic heterocycles. The van der Waals surface area contributed by atoms with E-state index in [4.69, 9.17) is 15.2 Å². The monoisotopic (exact) mass is 243 g/mol. The maximum Gasteiger partial charge on any atom is 0.0644 e. The van der Waals surface area contributed by atoms with E-state index in [1.165, 1.54) is 19.3 Å². The Labute approximate surface area is 106 Å². The van der Waals surface area contributed by atoms with E-state index in [1.54, 1.807) is 7.11 Å². The predicted octanol–water partition coefficient (Wildman–Crippen LogP) is 2.44. The molecule has 0 aromatic rings. The molecule has 17 heavy (non-hydrogen) atoms. The van der Waals surface area contributed by atoms with Crippen LogP contribution < -0.4 is 5.73 Å². The highest BCUT2D eigenvalue weighted by molar-refractivity contribution is 4.81. The lowest BCUT2D eigenvalue weighted by Crippen LogP contribution is -2.39. The molecule has 4 unspecified atom stereocenters. The molecule has 2 N–H and O–H groups in total. The molecule has 4 atom stereocenters. The standard InChI is InChI=1S/C14H29NO2/c1-10(2)13-6-5-11(3)7-14(13)17-9-12(15)8-16-4/h10-14H,5-9,15H2,1-4H3. The maximum atomic E-state index is 6.04. The molecule has 0 spiro atoms.